The molecule has 2 rings (SSSR count). The fraction of sp³-hybridized carbons (Fsp3) is 0.562. The van der Waals surface area contributed by atoms with Crippen molar-refractivity contribution in [2.75, 3.05) is 19.6 Å². The first-order valence-electron chi connectivity index (χ1n) is 7.47. The van der Waals surface area contributed by atoms with Crippen molar-refractivity contribution >= 4 is 21.8 Å². The third-order valence-electron chi connectivity index (χ3n) is 3.79. The molecule has 0 bridgehead atoms. The molecule has 0 spiro atoms. The molecule has 0 radical (unpaired) electrons. The SMILES string of the molecule is Cc1cc(Br)cc(CCN)c1OC(C)C(=O)N1CCCC1. The highest BCUT2D eigenvalue weighted by molar-refractivity contribution is 9.10. The highest BCUT2D eigenvalue weighted by Crippen LogP contribution is 2.29. The zero-order valence-corrected chi connectivity index (χ0v) is 14.3. The molecule has 1 aliphatic rings. The minimum Gasteiger partial charge on any atom is -0.480 e. The van der Waals surface area contributed by atoms with Gasteiger partial charge < -0.3 is 15.4 Å². The molecule has 0 saturated carbocycles. The molecule has 21 heavy (non-hydrogen) atoms. The first-order valence-corrected chi connectivity index (χ1v) is 8.26. The van der Waals surface area contributed by atoms with E-state index in [0.717, 1.165) is 53.7 Å². The van der Waals surface area contributed by atoms with Crippen molar-refractivity contribution in [3.8, 4) is 5.75 Å². The van der Waals surface area contributed by atoms with E-state index in [9.17, 15) is 4.79 Å². The van der Waals surface area contributed by atoms with Crippen LogP contribution in [0.5, 0.6) is 5.75 Å². The second-order valence-electron chi connectivity index (χ2n) is 5.54. The molecule has 1 aromatic carbocycles. The maximum Gasteiger partial charge on any atom is 0.263 e. The monoisotopic (exact) mass is 354 g/mol. The molecule has 5 heteroatoms. The van der Waals surface area contributed by atoms with Gasteiger partial charge in [0.15, 0.2) is 6.10 Å². The molecule has 0 aliphatic carbocycles. The van der Waals surface area contributed by atoms with Gasteiger partial charge >= 0.3 is 0 Å². The first kappa shape index (κ1) is 16.3. The van der Waals surface area contributed by atoms with Gasteiger partial charge in [0.05, 0.1) is 0 Å². The van der Waals surface area contributed by atoms with E-state index in [0.29, 0.717) is 6.54 Å². The van der Waals surface area contributed by atoms with Gasteiger partial charge in [0.1, 0.15) is 5.75 Å². The van der Waals surface area contributed by atoms with E-state index in [1.165, 1.54) is 0 Å². The Morgan fingerprint density at radius 3 is 2.71 bits per heavy atom. The number of hydrogen-bond donors (Lipinski definition) is 1. The van der Waals surface area contributed by atoms with Crippen LogP contribution >= 0.6 is 15.9 Å². The van der Waals surface area contributed by atoms with Gasteiger partial charge in [-0.1, -0.05) is 15.9 Å². The predicted molar refractivity (Wildman–Crippen MR) is 87.5 cm³/mol. The van der Waals surface area contributed by atoms with E-state index in [1.807, 2.05) is 30.9 Å². The van der Waals surface area contributed by atoms with Crippen LogP contribution in [0.1, 0.15) is 30.9 Å². The molecular formula is C16H23BrN2O2. The van der Waals surface area contributed by atoms with Crippen LogP contribution in [0.2, 0.25) is 0 Å². The summed E-state index contributed by atoms with van der Waals surface area (Å²) in [6, 6.07) is 4.02. The van der Waals surface area contributed by atoms with E-state index in [1.54, 1.807) is 0 Å². The fourth-order valence-corrected chi connectivity index (χ4v) is 3.35. The van der Waals surface area contributed by atoms with Crippen LogP contribution < -0.4 is 10.5 Å². The average Bonchev–Trinajstić information content (AvgIpc) is 2.95. The van der Waals surface area contributed by atoms with E-state index < -0.39 is 6.10 Å². The number of carbonyl (C=O) groups excluding carboxylic acids is 1. The lowest BCUT2D eigenvalue weighted by Gasteiger charge is -2.23. The Morgan fingerprint density at radius 2 is 2.10 bits per heavy atom. The summed E-state index contributed by atoms with van der Waals surface area (Å²) in [5, 5.41) is 0. The molecule has 1 saturated heterocycles. The number of ether oxygens (including phenoxy) is 1. The summed E-state index contributed by atoms with van der Waals surface area (Å²) >= 11 is 3.49. The average molecular weight is 355 g/mol. The standard InChI is InChI=1S/C16H23BrN2O2/c1-11-9-14(17)10-13(5-6-18)15(11)21-12(2)16(20)19-7-3-4-8-19/h9-10,12H,3-8,18H2,1-2H3. The Balaban J connectivity index is 2.15. The van der Waals surface area contributed by atoms with E-state index in [-0.39, 0.29) is 5.91 Å². The van der Waals surface area contributed by atoms with Crippen LogP contribution in [-0.2, 0) is 11.2 Å². The topological polar surface area (TPSA) is 55.6 Å². The van der Waals surface area contributed by atoms with Crippen LogP contribution in [0.3, 0.4) is 0 Å². The van der Waals surface area contributed by atoms with Crippen molar-refractivity contribution in [1.29, 1.82) is 0 Å². The number of nitrogens with zero attached hydrogens (tertiary/aromatic N) is 1. The summed E-state index contributed by atoms with van der Waals surface area (Å²) in [5.74, 6) is 0.872. The quantitative estimate of drug-likeness (QED) is 0.884. The molecular weight excluding hydrogens is 332 g/mol. The lowest BCUT2D eigenvalue weighted by atomic mass is 10.1. The zero-order chi connectivity index (χ0) is 15.4. The molecule has 1 heterocycles. The van der Waals surface area contributed by atoms with E-state index >= 15 is 0 Å². The Kier molecular flexibility index (Phi) is 5.65. The Bertz CT molecular complexity index is 513. The number of likely N-dealkylation sites (tertiary alicyclic amines) is 1. The second-order valence-corrected chi connectivity index (χ2v) is 6.46. The number of hydrogen-bond acceptors (Lipinski definition) is 3. The molecule has 4 nitrogen and oxygen atoms in total. The van der Waals surface area contributed by atoms with Gasteiger partial charge in [0.25, 0.3) is 5.91 Å². The smallest absolute Gasteiger partial charge is 0.263 e. The molecule has 1 unspecified atom stereocenters. The number of benzene rings is 1. The number of rotatable bonds is 5. The highest BCUT2D eigenvalue weighted by Gasteiger charge is 2.25. The van der Waals surface area contributed by atoms with Crippen LogP contribution in [-0.4, -0.2) is 36.5 Å². The van der Waals surface area contributed by atoms with Gasteiger partial charge in [0.2, 0.25) is 0 Å². The van der Waals surface area contributed by atoms with E-state index in [2.05, 4.69) is 15.9 Å². The van der Waals surface area contributed by atoms with Gasteiger partial charge in [-0.15, -0.1) is 0 Å². The molecule has 0 aromatic heterocycles. The molecule has 1 aliphatic heterocycles. The molecule has 2 N–H and O–H groups in total. The normalized spacial score (nSPS) is 16.1. The minimum absolute atomic E-state index is 0.0773. The molecule has 1 amide bonds. The lowest BCUT2D eigenvalue weighted by molar-refractivity contribution is -0.136. The number of halogens is 1. The van der Waals surface area contributed by atoms with Crippen LogP contribution in [0.15, 0.2) is 16.6 Å². The van der Waals surface area contributed by atoms with Gasteiger partial charge in [0, 0.05) is 17.6 Å². The van der Waals surface area contributed by atoms with Crippen molar-refractivity contribution in [2.45, 2.75) is 39.2 Å². The highest BCUT2D eigenvalue weighted by atomic mass is 79.9. The van der Waals surface area contributed by atoms with E-state index in [4.69, 9.17) is 10.5 Å². The van der Waals surface area contributed by atoms with Crippen LogP contribution in [0.25, 0.3) is 0 Å². The molecule has 116 valence electrons. The van der Waals surface area contributed by atoms with Gasteiger partial charge in [-0.2, -0.15) is 0 Å². The number of carbonyl (C=O) groups is 1. The predicted octanol–water partition coefficient (Wildman–Crippen LogP) is 2.65. The van der Waals surface area contributed by atoms with Crippen molar-refractivity contribution in [2.24, 2.45) is 5.73 Å². The lowest BCUT2D eigenvalue weighted by Crippen LogP contribution is -2.38. The summed E-state index contributed by atoms with van der Waals surface area (Å²) in [5.41, 5.74) is 7.74. The maximum absolute atomic E-state index is 12.4. The summed E-state index contributed by atoms with van der Waals surface area (Å²) in [6.45, 7) is 6.07. The summed E-state index contributed by atoms with van der Waals surface area (Å²) < 4.78 is 7.00. The van der Waals surface area contributed by atoms with Crippen molar-refractivity contribution < 1.29 is 9.53 Å². The third-order valence-corrected chi connectivity index (χ3v) is 4.25. The van der Waals surface area contributed by atoms with Crippen molar-refractivity contribution in [1.82, 2.24) is 4.90 Å². The van der Waals surface area contributed by atoms with Crippen molar-refractivity contribution in [3.63, 3.8) is 0 Å². The Labute approximate surface area is 134 Å². The van der Waals surface area contributed by atoms with Crippen LogP contribution in [0, 0.1) is 6.92 Å². The maximum atomic E-state index is 12.4. The number of aryl methyl sites for hydroxylation is 1. The minimum atomic E-state index is -0.459. The molecule has 1 aromatic rings. The Hall–Kier alpha value is -1.07. The summed E-state index contributed by atoms with van der Waals surface area (Å²) in [7, 11) is 0. The molecule has 1 fully saturated rings. The first-order chi connectivity index (χ1) is 10.0. The summed E-state index contributed by atoms with van der Waals surface area (Å²) in [4.78, 5) is 14.3. The van der Waals surface area contributed by atoms with Gasteiger partial charge in [-0.25, -0.2) is 0 Å². The van der Waals surface area contributed by atoms with Gasteiger partial charge in [-0.05, 0) is 62.9 Å². The number of amides is 1. The zero-order valence-electron chi connectivity index (χ0n) is 12.7. The number of nitrogens with two attached hydrogens (primary N) is 1. The summed E-state index contributed by atoms with van der Waals surface area (Å²) in [6.07, 6.45) is 2.46. The van der Waals surface area contributed by atoms with Crippen LogP contribution in [0.4, 0.5) is 0 Å². The largest absolute Gasteiger partial charge is 0.480 e. The van der Waals surface area contributed by atoms with Crippen molar-refractivity contribution in [3.05, 3.63) is 27.7 Å². The van der Waals surface area contributed by atoms with Gasteiger partial charge in [-0.3, -0.25) is 4.79 Å². The third kappa shape index (κ3) is 3.98. The molecule has 1 atom stereocenters. The Morgan fingerprint density at radius 1 is 1.43 bits per heavy atom. The second kappa shape index (κ2) is 7.27. The fourth-order valence-electron chi connectivity index (χ4n) is 2.73.